The van der Waals surface area contributed by atoms with Gasteiger partial charge in [0.05, 0.1) is 0 Å². The number of thiazole rings is 1. The van der Waals surface area contributed by atoms with Crippen molar-refractivity contribution < 1.29 is 0 Å². The normalized spacial score (nSPS) is 15.4. The Kier molecular flexibility index (Phi) is 4.15. The average Bonchev–Trinajstić information content (AvgIpc) is 2.33. The molecule has 0 fully saturated rings. The maximum absolute atomic E-state index is 5.69. The van der Waals surface area contributed by atoms with Gasteiger partial charge in [0.25, 0.3) is 0 Å². The number of nitrogens with one attached hydrogen (secondary N) is 1. The summed E-state index contributed by atoms with van der Waals surface area (Å²) >= 11 is 4.90. The molecule has 1 aromatic heterocycles. The number of halogens is 1. The molecule has 0 bridgehead atoms. The van der Waals surface area contributed by atoms with Crippen LogP contribution in [0, 0.1) is 0 Å². The van der Waals surface area contributed by atoms with Crippen molar-refractivity contribution >= 4 is 32.4 Å². The van der Waals surface area contributed by atoms with E-state index in [1.54, 1.807) is 11.3 Å². The molecule has 0 aliphatic rings. The van der Waals surface area contributed by atoms with E-state index in [1.165, 1.54) is 0 Å². The number of aromatic nitrogens is 1. The summed E-state index contributed by atoms with van der Waals surface area (Å²) < 4.78 is 0.882. The van der Waals surface area contributed by atoms with E-state index in [2.05, 4.69) is 33.2 Å². The fourth-order valence-electron chi connectivity index (χ4n) is 1.15. The topological polar surface area (TPSA) is 50.9 Å². The maximum Gasteiger partial charge on any atom is 0.183 e. The third-order valence-electron chi connectivity index (χ3n) is 1.57. The summed E-state index contributed by atoms with van der Waals surface area (Å²) in [6, 6.07) is 0.601. The Morgan fingerprint density at radius 1 is 1.69 bits per heavy atom. The summed E-state index contributed by atoms with van der Waals surface area (Å²) in [4.78, 5) is 4.24. The van der Waals surface area contributed by atoms with Crippen LogP contribution >= 0.6 is 27.3 Å². The first kappa shape index (κ1) is 10.9. The lowest BCUT2D eigenvalue weighted by atomic mass is 10.1. The van der Waals surface area contributed by atoms with Gasteiger partial charge in [-0.2, -0.15) is 0 Å². The molecule has 0 aliphatic carbocycles. The number of hydrogen-bond acceptors (Lipinski definition) is 4. The number of anilines is 1. The molecular weight excluding hydrogens is 250 g/mol. The fraction of sp³-hybridized carbons (Fsp3) is 0.625. The number of nitrogens with zero attached hydrogens (tertiary/aromatic N) is 1. The Morgan fingerprint density at radius 3 is 2.85 bits per heavy atom. The average molecular weight is 264 g/mol. The summed E-state index contributed by atoms with van der Waals surface area (Å²) in [5, 5.41) is 6.20. The van der Waals surface area contributed by atoms with Crippen LogP contribution in [0.2, 0.25) is 0 Å². The molecule has 1 aromatic rings. The molecule has 3 N–H and O–H groups in total. The standard InChI is InChI=1S/C8H14BrN3S/c1-5(10)3-6(2)11-8-12-7(9)4-13-8/h4-6H,3,10H2,1-2H3,(H,11,12). The third-order valence-corrected chi connectivity index (χ3v) is 3.05. The van der Waals surface area contributed by atoms with Crippen molar-refractivity contribution in [2.45, 2.75) is 32.4 Å². The zero-order chi connectivity index (χ0) is 9.84. The molecule has 1 rings (SSSR count). The maximum atomic E-state index is 5.69. The Labute approximate surface area is 90.9 Å². The largest absolute Gasteiger partial charge is 0.359 e. The highest BCUT2D eigenvalue weighted by Crippen LogP contribution is 2.20. The van der Waals surface area contributed by atoms with Crippen LogP contribution in [0.1, 0.15) is 20.3 Å². The summed E-state index contributed by atoms with van der Waals surface area (Å²) in [7, 11) is 0. The van der Waals surface area contributed by atoms with Gasteiger partial charge in [0.15, 0.2) is 5.13 Å². The summed E-state index contributed by atoms with van der Waals surface area (Å²) in [5.74, 6) is 0. The summed E-state index contributed by atoms with van der Waals surface area (Å²) in [6.07, 6.45) is 0.956. The van der Waals surface area contributed by atoms with Crippen LogP contribution in [0.4, 0.5) is 5.13 Å². The SMILES string of the molecule is CC(N)CC(C)Nc1nc(Br)cs1. The van der Waals surface area contributed by atoms with E-state index < -0.39 is 0 Å². The van der Waals surface area contributed by atoms with Crippen LogP contribution in [0.5, 0.6) is 0 Å². The second-order valence-electron chi connectivity index (χ2n) is 3.23. The number of rotatable bonds is 4. The van der Waals surface area contributed by atoms with Gasteiger partial charge in [0.1, 0.15) is 4.60 Å². The zero-order valence-electron chi connectivity index (χ0n) is 7.75. The van der Waals surface area contributed by atoms with Crippen molar-refractivity contribution in [2.24, 2.45) is 5.73 Å². The zero-order valence-corrected chi connectivity index (χ0v) is 10.2. The van der Waals surface area contributed by atoms with Crippen molar-refractivity contribution in [1.82, 2.24) is 4.98 Å². The van der Waals surface area contributed by atoms with Crippen molar-refractivity contribution in [3.63, 3.8) is 0 Å². The minimum absolute atomic E-state index is 0.228. The molecule has 2 atom stereocenters. The van der Waals surface area contributed by atoms with Crippen LogP contribution in [0.25, 0.3) is 0 Å². The first-order chi connectivity index (χ1) is 6.08. The van der Waals surface area contributed by atoms with E-state index in [9.17, 15) is 0 Å². The lowest BCUT2D eigenvalue weighted by Gasteiger charge is -2.14. The Balaban J connectivity index is 2.40. The van der Waals surface area contributed by atoms with Gasteiger partial charge in [0.2, 0.25) is 0 Å². The summed E-state index contributed by atoms with van der Waals surface area (Å²) in [6.45, 7) is 4.12. The fourth-order valence-corrected chi connectivity index (χ4v) is 2.40. The van der Waals surface area contributed by atoms with Gasteiger partial charge >= 0.3 is 0 Å². The molecule has 0 radical (unpaired) electrons. The third kappa shape index (κ3) is 4.06. The number of hydrogen-bond donors (Lipinski definition) is 2. The quantitative estimate of drug-likeness (QED) is 0.878. The Hall–Kier alpha value is -0.130. The van der Waals surface area contributed by atoms with Gasteiger partial charge in [-0.25, -0.2) is 4.98 Å². The molecule has 3 nitrogen and oxygen atoms in total. The molecule has 0 spiro atoms. The summed E-state index contributed by atoms with van der Waals surface area (Å²) in [5.41, 5.74) is 5.69. The van der Waals surface area contributed by atoms with E-state index in [0.717, 1.165) is 16.2 Å². The van der Waals surface area contributed by atoms with Gasteiger partial charge in [-0.1, -0.05) is 0 Å². The molecule has 0 saturated carbocycles. The monoisotopic (exact) mass is 263 g/mol. The smallest absolute Gasteiger partial charge is 0.183 e. The molecule has 13 heavy (non-hydrogen) atoms. The van der Waals surface area contributed by atoms with E-state index in [4.69, 9.17) is 5.73 Å². The second-order valence-corrected chi connectivity index (χ2v) is 4.90. The minimum Gasteiger partial charge on any atom is -0.359 e. The molecule has 74 valence electrons. The van der Waals surface area contributed by atoms with Gasteiger partial charge in [0, 0.05) is 17.5 Å². The van der Waals surface area contributed by atoms with Crippen molar-refractivity contribution in [3.05, 3.63) is 9.98 Å². The Bertz CT molecular complexity index is 262. The van der Waals surface area contributed by atoms with E-state index >= 15 is 0 Å². The van der Waals surface area contributed by atoms with E-state index in [1.807, 2.05) is 12.3 Å². The molecule has 0 aromatic carbocycles. The Morgan fingerprint density at radius 2 is 2.38 bits per heavy atom. The molecule has 0 saturated heterocycles. The van der Waals surface area contributed by atoms with E-state index in [-0.39, 0.29) is 6.04 Å². The lowest BCUT2D eigenvalue weighted by Crippen LogP contribution is -2.26. The van der Waals surface area contributed by atoms with Crippen molar-refractivity contribution in [1.29, 1.82) is 0 Å². The predicted octanol–water partition coefficient (Wildman–Crippen LogP) is 2.44. The predicted molar refractivity (Wildman–Crippen MR) is 61.2 cm³/mol. The van der Waals surface area contributed by atoms with Crippen LogP contribution < -0.4 is 11.1 Å². The van der Waals surface area contributed by atoms with Gasteiger partial charge in [-0.15, -0.1) is 11.3 Å². The first-order valence-electron chi connectivity index (χ1n) is 4.21. The molecule has 2 unspecified atom stereocenters. The van der Waals surface area contributed by atoms with Crippen molar-refractivity contribution in [3.8, 4) is 0 Å². The molecular formula is C8H14BrN3S. The van der Waals surface area contributed by atoms with E-state index in [0.29, 0.717) is 6.04 Å². The van der Waals surface area contributed by atoms with Crippen LogP contribution in [0.3, 0.4) is 0 Å². The molecule has 0 aliphatic heterocycles. The van der Waals surface area contributed by atoms with Gasteiger partial charge in [-0.05, 0) is 36.2 Å². The first-order valence-corrected chi connectivity index (χ1v) is 5.88. The van der Waals surface area contributed by atoms with Crippen molar-refractivity contribution in [2.75, 3.05) is 5.32 Å². The van der Waals surface area contributed by atoms with Crippen LogP contribution in [0.15, 0.2) is 9.98 Å². The van der Waals surface area contributed by atoms with Gasteiger partial charge < -0.3 is 11.1 Å². The number of nitrogens with two attached hydrogens (primary N) is 1. The highest BCUT2D eigenvalue weighted by atomic mass is 79.9. The molecule has 0 amide bonds. The highest BCUT2D eigenvalue weighted by molar-refractivity contribution is 9.10. The second kappa shape index (κ2) is 4.93. The van der Waals surface area contributed by atoms with Crippen LogP contribution in [-0.4, -0.2) is 17.1 Å². The van der Waals surface area contributed by atoms with Crippen LogP contribution in [-0.2, 0) is 0 Å². The molecule has 1 heterocycles. The highest BCUT2D eigenvalue weighted by Gasteiger charge is 2.06. The minimum atomic E-state index is 0.228. The molecule has 5 heteroatoms. The lowest BCUT2D eigenvalue weighted by molar-refractivity contribution is 0.604. The van der Waals surface area contributed by atoms with Gasteiger partial charge in [-0.3, -0.25) is 0 Å².